The molecular weight excluding hydrogens is 212 g/mol. The fourth-order valence-electron chi connectivity index (χ4n) is 0.720. The van der Waals surface area contributed by atoms with Crippen LogP contribution in [0.2, 0.25) is 0 Å². The summed E-state index contributed by atoms with van der Waals surface area (Å²) in [6.07, 6.45) is -4.68. The highest BCUT2D eigenvalue weighted by molar-refractivity contribution is 5.88. The van der Waals surface area contributed by atoms with Crippen molar-refractivity contribution < 1.29 is 17.6 Å². The third-order valence-electron chi connectivity index (χ3n) is 1.51. The first-order chi connectivity index (χ1) is 6.82. The molecule has 0 unspecified atom stereocenters. The Labute approximate surface area is 84.2 Å². The number of allylic oxidation sites excluding steroid dienone is 3. The molecule has 82 valence electrons. The second kappa shape index (κ2) is 5.29. The van der Waals surface area contributed by atoms with Gasteiger partial charge in [-0.2, -0.15) is 22.8 Å². The van der Waals surface area contributed by atoms with E-state index in [0.717, 1.165) is 7.05 Å². The van der Waals surface area contributed by atoms with Crippen LogP contribution >= 0.6 is 0 Å². The predicted molar refractivity (Wildman–Crippen MR) is 48.0 cm³/mol. The van der Waals surface area contributed by atoms with Crippen molar-refractivity contribution in [3.8, 4) is 6.07 Å². The normalized spacial score (nSPS) is 13.6. The van der Waals surface area contributed by atoms with Gasteiger partial charge in [0.15, 0.2) is 0 Å². The van der Waals surface area contributed by atoms with Crippen molar-refractivity contribution in [3.05, 3.63) is 23.8 Å². The zero-order chi connectivity index (χ0) is 12.1. The quantitative estimate of drug-likeness (QED) is 0.409. The van der Waals surface area contributed by atoms with Crippen LogP contribution in [-0.4, -0.2) is 19.2 Å². The van der Waals surface area contributed by atoms with Gasteiger partial charge in [0, 0.05) is 7.05 Å². The second-order valence-electron chi connectivity index (χ2n) is 2.53. The molecule has 0 heterocycles. The number of nitriles is 1. The molecule has 0 aromatic heterocycles. The van der Waals surface area contributed by atoms with E-state index in [1.807, 2.05) is 0 Å². The minimum Gasteiger partial charge on any atom is -0.261 e. The number of hydrogen-bond acceptors (Lipinski definition) is 2. The molecule has 0 radical (unpaired) electrons. The Morgan fingerprint density at radius 1 is 1.53 bits per heavy atom. The predicted octanol–water partition coefficient (Wildman–Crippen LogP) is 2.94. The third-order valence-corrected chi connectivity index (χ3v) is 1.51. The molecule has 0 aliphatic rings. The van der Waals surface area contributed by atoms with Gasteiger partial charge in [-0.15, -0.1) is 0 Å². The molecule has 0 fully saturated rings. The van der Waals surface area contributed by atoms with Gasteiger partial charge in [-0.05, 0) is 11.6 Å². The minimum absolute atomic E-state index is 0.520. The molecule has 0 saturated carbocycles. The molecule has 0 aliphatic heterocycles. The second-order valence-corrected chi connectivity index (χ2v) is 2.53. The van der Waals surface area contributed by atoms with Gasteiger partial charge in [-0.25, -0.2) is 0 Å². The molecule has 2 nitrogen and oxygen atoms in total. The maximum Gasteiger partial charge on any atom is 0.416 e. The molecule has 0 rings (SSSR count). The lowest BCUT2D eigenvalue weighted by Crippen LogP contribution is -2.13. The lowest BCUT2D eigenvalue weighted by atomic mass is 10.0. The van der Waals surface area contributed by atoms with E-state index in [2.05, 4.69) is 11.6 Å². The summed E-state index contributed by atoms with van der Waals surface area (Å²) in [5.74, 6) is -1.08. The van der Waals surface area contributed by atoms with Gasteiger partial charge in [-0.3, -0.25) is 4.99 Å². The zero-order valence-corrected chi connectivity index (χ0v) is 7.90. The average molecular weight is 220 g/mol. The number of aliphatic imine (C=N–C) groups is 1. The van der Waals surface area contributed by atoms with Crippen LogP contribution in [0, 0.1) is 11.3 Å². The molecule has 0 spiro atoms. The molecular formula is C9H8F4N2. The Bertz CT molecular complexity index is 344. The van der Waals surface area contributed by atoms with Crippen molar-refractivity contribution >= 4 is 5.97 Å². The number of halogens is 4. The highest BCUT2D eigenvalue weighted by atomic mass is 19.4. The van der Waals surface area contributed by atoms with E-state index in [0.29, 0.717) is 6.08 Å². The Morgan fingerprint density at radius 3 is 2.40 bits per heavy atom. The first kappa shape index (κ1) is 13.4. The topological polar surface area (TPSA) is 36.1 Å². The summed E-state index contributed by atoms with van der Waals surface area (Å²) in [5.41, 5.74) is -1.75. The van der Waals surface area contributed by atoms with Gasteiger partial charge in [0.1, 0.15) is 0 Å². The largest absolute Gasteiger partial charge is 0.416 e. The number of nitrogens with zero attached hydrogens (tertiary/aromatic N) is 2. The van der Waals surface area contributed by atoms with Crippen LogP contribution < -0.4 is 0 Å². The summed E-state index contributed by atoms with van der Waals surface area (Å²) in [5, 5.41) is 8.28. The first-order valence-electron chi connectivity index (χ1n) is 3.79. The molecule has 15 heavy (non-hydrogen) atoms. The Kier molecular flexibility index (Phi) is 4.71. The number of alkyl halides is 3. The summed E-state index contributed by atoms with van der Waals surface area (Å²) in [4.78, 5) is 3.03. The SMILES string of the molecule is C=C(/C(=C\C(F)=N/C)CC#N)C(F)(F)F. The van der Waals surface area contributed by atoms with Gasteiger partial charge in [0.05, 0.1) is 18.1 Å². The maximum absolute atomic E-state index is 12.6. The lowest BCUT2D eigenvalue weighted by molar-refractivity contribution is -0.0890. The monoisotopic (exact) mass is 220 g/mol. The van der Waals surface area contributed by atoms with Crippen LogP contribution in [0.3, 0.4) is 0 Å². The smallest absolute Gasteiger partial charge is 0.261 e. The van der Waals surface area contributed by atoms with E-state index in [1.54, 1.807) is 0 Å². The highest BCUT2D eigenvalue weighted by Gasteiger charge is 2.34. The van der Waals surface area contributed by atoms with Crippen LogP contribution in [0.15, 0.2) is 28.8 Å². The number of hydrogen-bond donors (Lipinski definition) is 0. The van der Waals surface area contributed by atoms with Crippen molar-refractivity contribution in [2.24, 2.45) is 4.99 Å². The molecule has 0 amide bonds. The third kappa shape index (κ3) is 4.40. The fourth-order valence-corrected chi connectivity index (χ4v) is 0.720. The van der Waals surface area contributed by atoms with E-state index in [4.69, 9.17) is 5.26 Å². The lowest BCUT2D eigenvalue weighted by Gasteiger charge is -2.10. The van der Waals surface area contributed by atoms with E-state index in [1.165, 1.54) is 6.07 Å². The van der Waals surface area contributed by atoms with Crippen LogP contribution in [0.25, 0.3) is 0 Å². The minimum atomic E-state index is -4.67. The molecule has 0 saturated heterocycles. The summed E-state index contributed by atoms with van der Waals surface area (Å²) in [6, 6.07) is 1.50. The average Bonchev–Trinajstić information content (AvgIpc) is 2.14. The van der Waals surface area contributed by atoms with Crippen LogP contribution in [0.5, 0.6) is 0 Å². The molecule has 6 heteroatoms. The molecule has 0 aromatic carbocycles. The van der Waals surface area contributed by atoms with Gasteiger partial charge in [0.2, 0.25) is 5.97 Å². The highest BCUT2D eigenvalue weighted by Crippen LogP contribution is 2.31. The summed E-state index contributed by atoms with van der Waals surface area (Å²) in [6.45, 7) is 2.77. The van der Waals surface area contributed by atoms with E-state index >= 15 is 0 Å². The van der Waals surface area contributed by atoms with Crippen molar-refractivity contribution in [1.82, 2.24) is 0 Å². The molecule has 0 aromatic rings. The van der Waals surface area contributed by atoms with Crippen molar-refractivity contribution in [3.63, 3.8) is 0 Å². The van der Waals surface area contributed by atoms with Crippen LogP contribution in [0.4, 0.5) is 17.6 Å². The summed E-state index contributed by atoms with van der Waals surface area (Å²) < 4.78 is 49.1. The van der Waals surface area contributed by atoms with Gasteiger partial charge in [-0.1, -0.05) is 6.58 Å². The van der Waals surface area contributed by atoms with Gasteiger partial charge in [0.25, 0.3) is 0 Å². The standard InChI is InChI=1S/C9H8F4N2/c1-6(9(11,12)13)7(3-4-14)5-8(10)15-2/h5H,1,3H2,2H3/b7-5-,15-8+. The van der Waals surface area contributed by atoms with Crippen molar-refractivity contribution in [2.45, 2.75) is 12.6 Å². The van der Waals surface area contributed by atoms with E-state index < -0.39 is 29.7 Å². The first-order valence-corrected chi connectivity index (χ1v) is 3.79. The fraction of sp³-hybridized carbons (Fsp3) is 0.333. The summed E-state index contributed by atoms with van der Waals surface area (Å²) >= 11 is 0. The van der Waals surface area contributed by atoms with E-state index in [9.17, 15) is 17.6 Å². The molecule has 0 N–H and O–H groups in total. The Hall–Kier alpha value is -1.64. The number of rotatable bonds is 3. The van der Waals surface area contributed by atoms with Crippen LogP contribution in [-0.2, 0) is 0 Å². The van der Waals surface area contributed by atoms with Crippen LogP contribution in [0.1, 0.15) is 6.42 Å². The molecule has 0 atom stereocenters. The van der Waals surface area contributed by atoms with Gasteiger partial charge >= 0.3 is 6.18 Å². The zero-order valence-electron chi connectivity index (χ0n) is 7.90. The molecule has 0 aliphatic carbocycles. The van der Waals surface area contributed by atoms with E-state index in [-0.39, 0.29) is 0 Å². The maximum atomic E-state index is 12.6. The van der Waals surface area contributed by atoms with Crippen molar-refractivity contribution in [2.75, 3.05) is 7.05 Å². The summed E-state index contributed by atoms with van der Waals surface area (Å²) in [7, 11) is 1.09. The van der Waals surface area contributed by atoms with Gasteiger partial charge < -0.3 is 0 Å². The Morgan fingerprint density at radius 2 is 2.07 bits per heavy atom. The molecule has 0 bridgehead atoms. The Balaban J connectivity index is 5.10. The van der Waals surface area contributed by atoms with Crippen molar-refractivity contribution in [1.29, 1.82) is 5.26 Å².